The summed E-state index contributed by atoms with van der Waals surface area (Å²) in [4.78, 5) is 0. The van der Waals surface area contributed by atoms with Gasteiger partial charge in [0.15, 0.2) is 0 Å². The van der Waals surface area contributed by atoms with Crippen molar-refractivity contribution in [3.05, 3.63) is 18.1 Å². The molecule has 0 aromatic carbocycles. The Bertz CT molecular complexity index is 712. The molecule has 4 rings (SSSR count). The van der Waals surface area contributed by atoms with Crippen molar-refractivity contribution in [1.29, 1.82) is 0 Å². The Labute approximate surface area is 137 Å². The zero-order valence-electron chi connectivity index (χ0n) is 14.4. The van der Waals surface area contributed by atoms with Gasteiger partial charge in [0.1, 0.15) is 6.33 Å². The highest BCUT2D eigenvalue weighted by molar-refractivity contribution is 5.67. The molecule has 1 aliphatic heterocycles. The zero-order chi connectivity index (χ0) is 16.2. The predicted octanol–water partition coefficient (Wildman–Crippen LogP) is 2.72. The molecule has 2 aromatic rings. The summed E-state index contributed by atoms with van der Waals surface area (Å²) < 4.78 is 1.81. The molecule has 2 aliphatic rings. The number of nitrogens with zero attached hydrogens (tertiary/aromatic N) is 4. The quantitative estimate of drug-likeness (QED) is 0.912. The van der Waals surface area contributed by atoms with Crippen LogP contribution in [0.5, 0.6) is 0 Å². The molecule has 124 valence electrons. The van der Waals surface area contributed by atoms with E-state index in [2.05, 4.69) is 59.7 Å². The Balaban J connectivity index is 1.65. The van der Waals surface area contributed by atoms with Gasteiger partial charge in [-0.05, 0) is 59.4 Å². The van der Waals surface area contributed by atoms with Gasteiger partial charge in [0, 0.05) is 23.0 Å². The molecule has 0 unspecified atom stereocenters. The lowest BCUT2D eigenvalue weighted by Gasteiger charge is -2.46. The molecule has 6 heteroatoms. The van der Waals surface area contributed by atoms with Crippen molar-refractivity contribution in [2.24, 2.45) is 0 Å². The van der Waals surface area contributed by atoms with Crippen LogP contribution in [-0.2, 0) is 0 Å². The second-order valence-corrected chi connectivity index (χ2v) is 8.50. The van der Waals surface area contributed by atoms with Gasteiger partial charge in [-0.15, -0.1) is 10.2 Å². The number of piperidine rings is 1. The number of nitrogens with one attached hydrogen (secondary N) is 2. The Morgan fingerprint density at radius 3 is 2.52 bits per heavy atom. The van der Waals surface area contributed by atoms with Crippen molar-refractivity contribution >= 4 is 11.3 Å². The average molecular weight is 314 g/mol. The molecule has 0 bridgehead atoms. The largest absolute Gasteiger partial charge is 0.379 e. The van der Waals surface area contributed by atoms with Crippen LogP contribution in [0.1, 0.15) is 65.0 Å². The van der Waals surface area contributed by atoms with E-state index < -0.39 is 0 Å². The number of hydrogen-bond acceptors (Lipinski definition) is 5. The van der Waals surface area contributed by atoms with Crippen LogP contribution in [0, 0.1) is 0 Å². The van der Waals surface area contributed by atoms with Gasteiger partial charge in [-0.3, -0.25) is 0 Å². The van der Waals surface area contributed by atoms with Gasteiger partial charge in [-0.25, -0.2) is 0 Å². The molecule has 23 heavy (non-hydrogen) atoms. The molecule has 0 amide bonds. The molecule has 1 aliphatic carbocycles. The molecule has 0 atom stereocenters. The maximum atomic E-state index is 4.65. The van der Waals surface area contributed by atoms with E-state index in [-0.39, 0.29) is 11.1 Å². The Kier molecular flexibility index (Phi) is 3.17. The first-order chi connectivity index (χ1) is 10.8. The minimum atomic E-state index is 0.121. The standard InChI is InChI=1S/C17H26N6/c1-16(2)8-12(9-17(3,4)22-16)19-14-7-13(11-5-6-11)21-23-10-18-20-15(14)23/h7,10-12,19,22H,5-6,8-9H2,1-4H3. The third-order valence-corrected chi connectivity index (χ3v) is 4.83. The second-order valence-electron chi connectivity index (χ2n) is 8.50. The van der Waals surface area contributed by atoms with E-state index in [9.17, 15) is 0 Å². The fourth-order valence-corrected chi connectivity index (χ4v) is 4.18. The average Bonchev–Trinajstić information content (AvgIpc) is 3.13. The summed E-state index contributed by atoms with van der Waals surface area (Å²) in [5.41, 5.74) is 3.29. The molecule has 2 aromatic heterocycles. The van der Waals surface area contributed by atoms with Crippen LogP contribution >= 0.6 is 0 Å². The lowest BCUT2D eigenvalue weighted by molar-refractivity contribution is 0.170. The van der Waals surface area contributed by atoms with Crippen LogP contribution in [0.3, 0.4) is 0 Å². The molecule has 0 radical (unpaired) electrons. The molecule has 1 saturated heterocycles. The zero-order valence-corrected chi connectivity index (χ0v) is 14.4. The van der Waals surface area contributed by atoms with Crippen molar-refractivity contribution < 1.29 is 0 Å². The Hall–Kier alpha value is -1.69. The van der Waals surface area contributed by atoms with E-state index in [1.54, 1.807) is 6.33 Å². The number of aromatic nitrogens is 4. The van der Waals surface area contributed by atoms with Crippen LogP contribution in [0.4, 0.5) is 5.69 Å². The summed E-state index contributed by atoms with van der Waals surface area (Å²) in [7, 11) is 0. The van der Waals surface area contributed by atoms with E-state index in [0.29, 0.717) is 12.0 Å². The van der Waals surface area contributed by atoms with Crippen molar-refractivity contribution in [2.75, 3.05) is 5.32 Å². The topological polar surface area (TPSA) is 67.1 Å². The molecular formula is C17H26N6. The third-order valence-electron chi connectivity index (χ3n) is 4.83. The molecule has 6 nitrogen and oxygen atoms in total. The maximum absolute atomic E-state index is 4.65. The second kappa shape index (κ2) is 4.90. The predicted molar refractivity (Wildman–Crippen MR) is 90.7 cm³/mol. The highest BCUT2D eigenvalue weighted by Crippen LogP contribution is 2.40. The summed E-state index contributed by atoms with van der Waals surface area (Å²) in [6, 6.07) is 2.60. The Morgan fingerprint density at radius 1 is 1.17 bits per heavy atom. The van der Waals surface area contributed by atoms with Gasteiger partial charge in [-0.1, -0.05) is 0 Å². The van der Waals surface area contributed by atoms with E-state index in [4.69, 9.17) is 0 Å². The smallest absolute Gasteiger partial charge is 0.200 e. The van der Waals surface area contributed by atoms with Crippen LogP contribution < -0.4 is 10.6 Å². The van der Waals surface area contributed by atoms with Crippen LogP contribution in [0.15, 0.2) is 12.4 Å². The van der Waals surface area contributed by atoms with Crippen molar-refractivity contribution in [2.45, 2.75) is 76.4 Å². The summed E-state index contributed by atoms with van der Waals surface area (Å²) in [6.07, 6.45) is 6.35. The lowest BCUT2D eigenvalue weighted by atomic mass is 9.79. The normalized spacial score (nSPS) is 24.0. The monoisotopic (exact) mass is 314 g/mol. The molecule has 0 spiro atoms. The molecule has 1 saturated carbocycles. The summed E-state index contributed by atoms with van der Waals surface area (Å²) in [5, 5.41) is 20.4. The molecular weight excluding hydrogens is 288 g/mol. The van der Waals surface area contributed by atoms with Gasteiger partial charge in [0.25, 0.3) is 0 Å². The molecule has 2 fully saturated rings. The van der Waals surface area contributed by atoms with Crippen molar-refractivity contribution in [3.8, 4) is 0 Å². The van der Waals surface area contributed by atoms with Crippen LogP contribution in [0.25, 0.3) is 5.65 Å². The first kappa shape index (κ1) is 14.9. The fraction of sp³-hybridized carbons (Fsp3) is 0.706. The van der Waals surface area contributed by atoms with Crippen LogP contribution in [0.2, 0.25) is 0 Å². The first-order valence-electron chi connectivity index (χ1n) is 8.58. The van der Waals surface area contributed by atoms with Crippen molar-refractivity contribution in [1.82, 2.24) is 25.1 Å². The highest BCUT2D eigenvalue weighted by Gasteiger charge is 2.38. The summed E-state index contributed by atoms with van der Waals surface area (Å²) in [6.45, 7) is 9.10. The van der Waals surface area contributed by atoms with Crippen LogP contribution in [-0.4, -0.2) is 36.9 Å². The van der Waals surface area contributed by atoms with Crippen molar-refractivity contribution in [3.63, 3.8) is 0 Å². The minimum absolute atomic E-state index is 0.121. The van der Waals surface area contributed by atoms with E-state index >= 15 is 0 Å². The van der Waals surface area contributed by atoms with E-state index in [0.717, 1.165) is 29.9 Å². The van der Waals surface area contributed by atoms with Gasteiger partial charge >= 0.3 is 0 Å². The molecule has 3 heterocycles. The number of fused-ring (bicyclic) bond motifs is 1. The fourth-order valence-electron chi connectivity index (χ4n) is 4.18. The van der Waals surface area contributed by atoms with Gasteiger partial charge in [0.2, 0.25) is 5.65 Å². The SMILES string of the molecule is CC1(C)CC(Nc2cc(C3CC3)nn3cnnc23)CC(C)(C)N1. The number of rotatable bonds is 3. The highest BCUT2D eigenvalue weighted by atomic mass is 15.3. The summed E-state index contributed by atoms with van der Waals surface area (Å²) in [5.74, 6) is 0.614. The first-order valence-corrected chi connectivity index (χ1v) is 8.58. The van der Waals surface area contributed by atoms with E-state index in [1.165, 1.54) is 12.8 Å². The van der Waals surface area contributed by atoms with Gasteiger partial charge < -0.3 is 10.6 Å². The molecule has 2 N–H and O–H groups in total. The summed E-state index contributed by atoms with van der Waals surface area (Å²) >= 11 is 0. The maximum Gasteiger partial charge on any atom is 0.200 e. The third kappa shape index (κ3) is 3.04. The number of anilines is 1. The lowest BCUT2D eigenvalue weighted by Crippen LogP contribution is -2.60. The number of hydrogen-bond donors (Lipinski definition) is 2. The Morgan fingerprint density at radius 2 is 1.87 bits per heavy atom. The minimum Gasteiger partial charge on any atom is -0.379 e. The van der Waals surface area contributed by atoms with Gasteiger partial charge in [-0.2, -0.15) is 9.61 Å². The van der Waals surface area contributed by atoms with Gasteiger partial charge in [0.05, 0.1) is 11.4 Å². The van der Waals surface area contributed by atoms with E-state index in [1.807, 2.05) is 4.52 Å².